The highest BCUT2D eigenvalue weighted by molar-refractivity contribution is 8.14. The van der Waals surface area contributed by atoms with Crippen LogP contribution in [0, 0.1) is 0 Å². The van der Waals surface area contributed by atoms with E-state index in [1.807, 2.05) is 55.5 Å². The third-order valence-electron chi connectivity index (χ3n) is 3.14. The Morgan fingerprint density at radius 3 is 1.86 bits per heavy atom. The summed E-state index contributed by atoms with van der Waals surface area (Å²) in [7, 11) is 0. The molecule has 22 heavy (non-hydrogen) atoms. The predicted octanol–water partition coefficient (Wildman–Crippen LogP) is 6.17. The maximum Gasteiger partial charge on any atom is 0.220 e. The topological polar surface area (TPSA) is 17.1 Å². The van der Waals surface area contributed by atoms with Gasteiger partial charge in [-0.2, -0.15) is 0 Å². The van der Waals surface area contributed by atoms with Crippen molar-refractivity contribution in [1.29, 1.82) is 0 Å². The minimum Gasteiger partial charge on any atom is -0.282 e. The van der Waals surface area contributed by atoms with Crippen molar-refractivity contribution in [2.75, 3.05) is 0 Å². The molecule has 0 heterocycles. The monoisotopic (exact) mass is 328 g/mol. The first-order valence-electron chi connectivity index (χ1n) is 7.40. The number of hydrogen-bond donors (Lipinski definition) is 0. The fourth-order valence-electron chi connectivity index (χ4n) is 2.06. The van der Waals surface area contributed by atoms with Crippen LogP contribution in [-0.2, 0) is 4.79 Å². The van der Waals surface area contributed by atoms with Crippen LogP contribution in [0.3, 0.4) is 0 Å². The fraction of sp³-hybridized carbons (Fsp3) is 0.211. The van der Waals surface area contributed by atoms with E-state index >= 15 is 0 Å². The first-order chi connectivity index (χ1) is 10.7. The molecule has 0 spiro atoms. The minimum absolute atomic E-state index is 0.161. The molecule has 0 unspecified atom stereocenters. The van der Waals surface area contributed by atoms with Crippen molar-refractivity contribution in [3.8, 4) is 0 Å². The summed E-state index contributed by atoms with van der Waals surface area (Å²) in [6, 6.07) is 20.1. The molecule has 0 saturated carbocycles. The highest BCUT2D eigenvalue weighted by Crippen LogP contribution is 2.33. The van der Waals surface area contributed by atoms with Crippen LogP contribution in [0.15, 0.2) is 80.9 Å². The highest BCUT2D eigenvalue weighted by atomic mass is 32.2. The molecule has 0 bridgehead atoms. The van der Waals surface area contributed by atoms with Crippen molar-refractivity contribution in [1.82, 2.24) is 0 Å². The van der Waals surface area contributed by atoms with Gasteiger partial charge < -0.3 is 0 Å². The van der Waals surface area contributed by atoms with Crippen LogP contribution >= 0.6 is 23.5 Å². The van der Waals surface area contributed by atoms with Gasteiger partial charge in [-0.25, -0.2) is 0 Å². The second-order valence-corrected chi connectivity index (χ2v) is 7.24. The molecule has 0 aliphatic heterocycles. The largest absolute Gasteiger partial charge is 0.282 e. The van der Waals surface area contributed by atoms with Crippen molar-refractivity contribution < 1.29 is 4.79 Å². The molecule has 114 valence electrons. The minimum atomic E-state index is 0.161. The molecule has 2 aromatic carbocycles. The Labute approximate surface area is 141 Å². The first kappa shape index (κ1) is 16.9. The van der Waals surface area contributed by atoms with E-state index in [-0.39, 0.29) is 5.12 Å². The van der Waals surface area contributed by atoms with Crippen molar-refractivity contribution in [3.05, 3.63) is 71.1 Å². The van der Waals surface area contributed by atoms with Crippen LogP contribution in [0.2, 0.25) is 0 Å². The zero-order valence-electron chi connectivity index (χ0n) is 12.9. The number of hydrogen-bond acceptors (Lipinski definition) is 3. The third-order valence-corrected chi connectivity index (χ3v) is 5.14. The maximum absolute atomic E-state index is 12.6. The second kappa shape index (κ2) is 8.86. The number of carbonyl (C=O) groups is 1. The lowest BCUT2D eigenvalue weighted by Gasteiger charge is -2.10. The Morgan fingerprint density at radius 1 is 0.864 bits per heavy atom. The zero-order chi connectivity index (χ0) is 15.8. The molecule has 0 saturated heterocycles. The summed E-state index contributed by atoms with van der Waals surface area (Å²) >= 11 is 3.00. The van der Waals surface area contributed by atoms with Crippen molar-refractivity contribution in [3.63, 3.8) is 0 Å². The molecule has 0 N–H and O–H groups in total. The Morgan fingerprint density at radius 2 is 1.36 bits per heavy atom. The van der Waals surface area contributed by atoms with Crippen LogP contribution in [-0.4, -0.2) is 5.12 Å². The van der Waals surface area contributed by atoms with Crippen LogP contribution in [0.5, 0.6) is 0 Å². The van der Waals surface area contributed by atoms with Crippen molar-refractivity contribution in [2.24, 2.45) is 0 Å². The van der Waals surface area contributed by atoms with Gasteiger partial charge in [0.25, 0.3) is 0 Å². The lowest BCUT2D eigenvalue weighted by atomic mass is 10.1. The fourth-order valence-corrected chi connectivity index (χ4v) is 3.97. The lowest BCUT2D eigenvalue weighted by Crippen LogP contribution is -2.00. The average Bonchev–Trinajstić information content (AvgIpc) is 2.54. The molecule has 0 aromatic heterocycles. The van der Waals surface area contributed by atoms with E-state index in [9.17, 15) is 4.79 Å². The van der Waals surface area contributed by atoms with E-state index in [2.05, 4.69) is 19.1 Å². The third kappa shape index (κ3) is 5.08. The van der Waals surface area contributed by atoms with Crippen molar-refractivity contribution in [2.45, 2.75) is 36.5 Å². The molecule has 0 radical (unpaired) electrons. The molecular weight excluding hydrogens is 308 g/mol. The molecule has 0 atom stereocenters. The summed E-state index contributed by atoms with van der Waals surface area (Å²) in [6.45, 7) is 4.16. The predicted molar refractivity (Wildman–Crippen MR) is 97.2 cm³/mol. The van der Waals surface area contributed by atoms with E-state index in [1.165, 1.54) is 16.7 Å². The zero-order valence-corrected chi connectivity index (χ0v) is 14.5. The summed E-state index contributed by atoms with van der Waals surface area (Å²) in [5.41, 5.74) is 0.935. The SMILES string of the molecule is CCC/C(C(=O)Sc1ccccc1)=C(\C)Sc1ccccc1. The normalized spacial score (nSPS) is 11.9. The molecular formula is C19H20OS2. The van der Waals surface area contributed by atoms with E-state index in [4.69, 9.17) is 0 Å². The first-order valence-corrected chi connectivity index (χ1v) is 9.04. The lowest BCUT2D eigenvalue weighted by molar-refractivity contribution is -0.108. The number of allylic oxidation sites excluding steroid dienone is 1. The van der Waals surface area contributed by atoms with E-state index in [1.54, 1.807) is 11.8 Å². The summed E-state index contributed by atoms with van der Waals surface area (Å²) in [4.78, 5) is 15.9. The average molecular weight is 329 g/mol. The van der Waals surface area contributed by atoms with E-state index in [0.29, 0.717) is 0 Å². The molecule has 0 aliphatic carbocycles. The Balaban J connectivity index is 2.16. The van der Waals surface area contributed by atoms with Gasteiger partial charge in [0.05, 0.1) is 0 Å². The summed E-state index contributed by atoms with van der Waals surface area (Å²) in [6.07, 6.45) is 1.80. The van der Waals surface area contributed by atoms with Gasteiger partial charge in [-0.15, -0.1) is 0 Å². The van der Waals surface area contributed by atoms with E-state index < -0.39 is 0 Å². The molecule has 0 fully saturated rings. The van der Waals surface area contributed by atoms with Gasteiger partial charge in [-0.3, -0.25) is 4.79 Å². The van der Waals surface area contributed by atoms with E-state index in [0.717, 1.165) is 28.2 Å². The van der Waals surface area contributed by atoms with Gasteiger partial charge >= 0.3 is 0 Å². The molecule has 0 amide bonds. The van der Waals surface area contributed by atoms with Crippen molar-refractivity contribution >= 4 is 28.6 Å². The van der Waals surface area contributed by atoms with Gasteiger partial charge in [0, 0.05) is 15.4 Å². The Kier molecular flexibility index (Phi) is 6.81. The molecule has 3 heteroatoms. The number of benzene rings is 2. The van der Waals surface area contributed by atoms with Gasteiger partial charge in [0.2, 0.25) is 5.12 Å². The molecule has 2 aromatic rings. The standard InChI is InChI=1S/C19H20OS2/c1-3-10-18(15(2)21-16-11-6-4-7-12-16)19(20)22-17-13-8-5-9-14-17/h4-9,11-14H,3,10H2,1-2H3/b18-15-. The second-order valence-electron chi connectivity index (χ2n) is 4.90. The number of carbonyl (C=O) groups excluding carboxylic acids is 1. The summed E-state index contributed by atoms with van der Waals surface area (Å²) in [5, 5.41) is 0.161. The van der Waals surface area contributed by atoms with Crippen LogP contribution in [0.4, 0.5) is 0 Å². The Hall–Kier alpha value is -1.45. The van der Waals surface area contributed by atoms with Crippen LogP contribution < -0.4 is 0 Å². The quantitative estimate of drug-likeness (QED) is 0.466. The highest BCUT2D eigenvalue weighted by Gasteiger charge is 2.14. The number of rotatable bonds is 6. The van der Waals surface area contributed by atoms with Gasteiger partial charge in [-0.1, -0.05) is 61.5 Å². The summed E-state index contributed by atoms with van der Waals surface area (Å²) < 4.78 is 0. The summed E-state index contributed by atoms with van der Waals surface area (Å²) in [5.74, 6) is 0. The van der Waals surface area contributed by atoms with Crippen LogP contribution in [0.1, 0.15) is 26.7 Å². The number of thioether (sulfide) groups is 2. The van der Waals surface area contributed by atoms with Gasteiger partial charge in [0.15, 0.2) is 0 Å². The smallest absolute Gasteiger partial charge is 0.220 e. The Bertz CT molecular complexity index is 633. The maximum atomic E-state index is 12.6. The molecule has 0 aliphatic rings. The molecule has 2 rings (SSSR count). The van der Waals surface area contributed by atoms with Crippen LogP contribution in [0.25, 0.3) is 0 Å². The van der Waals surface area contributed by atoms with Gasteiger partial charge in [-0.05, 0) is 54.3 Å². The van der Waals surface area contributed by atoms with Gasteiger partial charge in [0.1, 0.15) is 0 Å². The molecule has 1 nitrogen and oxygen atoms in total.